The lowest BCUT2D eigenvalue weighted by Crippen LogP contribution is -2.48. The predicted molar refractivity (Wildman–Crippen MR) is 78.7 cm³/mol. The molecule has 2 unspecified atom stereocenters. The summed E-state index contributed by atoms with van der Waals surface area (Å²) in [7, 11) is 0. The normalized spacial score (nSPS) is 27.2. The molecule has 2 heterocycles. The van der Waals surface area contributed by atoms with Crippen LogP contribution >= 0.6 is 11.3 Å². The molecule has 0 aromatic carbocycles. The Morgan fingerprint density at radius 1 is 1.42 bits per heavy atom. The van der Waals surface area contributed by atoms with E-state index in [1.54, 1.807) is 11.3 Å². The van der Waals surface area contributed by atoms with Crippen LogP contribution in [-0.2, 0) is 12.8 Å². The average Bonchev–Trinajstić information content (AvgIpc) is 2.81. The van der Waals surface area contributed by atoms with Gasteiger partial charge in [-0.1, -0.05) is 0 Å². The molecule has 1 fully saturated rings. The lowest BCUT2D eigenvalue weighted by Gasteiger charge is -2.36. The van der Waals surface area contributed by atoms with Crippen LogP contribution in [0.4, 0.5) is 0 Å². The molecule has 19 heavy (non-hydrogen) atoms. The first-order valence-electron chi connectivity index (χ1n) is 7.33. The lowest BCUT2D eigenvalue weighted by molar-refractivity contribution is 0.0624. The Morgan fingerprint density at radius 2 is 2.21 bits per heavy atom. The molecular weight excluding hydrogens is 256 g/mol. The van der Waals surface area contributed by atoms with E-state index < -0.39 is 0 Å². The van der Waals surface area contributed by atoms with E-state index in [0.717, 1.165) is 37.1 Å². The largest absolute Gasteiger partial charge is 0.335 e. The fraction of sp³-hybridized carbons (Fsp3) is 0.667. The maximum absolute atomic E-state index is 12.6. The van der Waals surface area contributed by atoms with E-state index in [1.165, 1.54) is 23.3 Å². The van der Waals surface area contributed by atoms with Gasteiger partial charge in [0.2, 0.25) is 0 Å². The maximum atomic E-state index is 12.6. The number of nitrogens with two attached hydrogens (primary N) is 1. The van der Waals surface area contributed by atoms with Gasteiger partial charge in [-0.15, -0.1) is 11.3 Å². The van der Waals surface area contributed by atoms with Crippen LogP contribution in [0.15, 0.2) is 6.07 Å². The highest BCUT2D eigenvalue weighted by Gasteiger charge is 2.29. The van der Waals surface area contributed by atoms with Gasteiger partial charge in [-0.2, -0.15) is 0 Å². The Bertz CT molecular complexity index is 459. The molecule has 1 aliphatic carbocycles. The third-order valence-electron chi connectivity index (χ3n) is 4.38. The first-order valence-corrected chi connectivity index (χ1v) is 8.15. The highest BCUT2D eigenvalue weighted by molar-refractivity contribution is 7.14. The summed E-state index contributed by atoms with van der Waals surface area (Å²) in [6.07, 6.45) is 6.72. The summed E-state index contributed by atoms with van der Waals surface area (Å²) < 4.78 is 0. The number of fused-ring (bicyclic) bond motifs is 1. The first kappa shape index (κ1) is 13.1. The maximum Gasteiger partial charge on any atom is 0.264 e. The fourth-order valence-electron chi connectivity index (χ4n) is 3.25. The number of hydrogen-bond acceptors (Lipinski definition) is 3. The number of rotatable bonds is 1. The molecule has 1 aromatic heterocycles. The molecule has 2 atom stereocenters. The minimum absolute atomic E-state index is 0.221. The molecule has 104 valence electrons. The topological polar surface area (TPSA) is 46.3 Å². The summed E-state index contributed by atoms with van der Waals surface area (Å²) in [5.74, 6) is 0.221. The van der Waals surface area contributed by atoms with E-state index in [0.29, 0.717) is 0 Å². The van der Waals surface area contributed by atoms with Crippen LogP contribution < -0.4 is 5.73 Å². The number of likely N-dealkylation sites (tertiary alicyclic amines) is 1. The summed E-state index contributed by atoms with van der Waals surface area (Å²) in [4.78, 5) is 17.0. The minimum atomic E-state index is 0.221. The Kier molecular flexibility index (Phi) is 3.63. The monoisotopic (exact) mass is 278 g/mol. The molecule has 1 saturated heterocycles. The number of piperidine rings is 1. The summed E-state index contributed by atoms with van der Waals surface area (Å²) in [6.45, 7) is 2.92. The van der Waals surface area contributed by atoms with Crippen LogP contribution in [0, 0.1) is 0 Å². The Balaban J connectivity index is 1.78. The van der Waals surface area contributed by atoms with E-state index in [1.807, 2.05) is 4.90 Å². The zero-order chi connectivity index (χ0) is 13.4. The van der Waals surface area contributed by atoms with Gasteiger partial charge in [-0.05, 0) is 57.1 Å². The molecule has 2 N–H and O–H groups in total. The molecule has 3 nitrogen and oxygen atoms in total. The van der Waals surface area contributed by atoms with E-state index in [-0.39, 0.29) is 18.0 Å². The van der Waals surface area contributed by atoms with Crippen molar-refractivity contribution in [2.45, 2.75) is 57.5 Å². The summed E-state index contributed by atoms with van der Waals surface area (Å²) >= 11 is 1.72. The van der Waals surface area contributed by atoms with Crippen LogP contribution in [0.2, 0.25) is 0 Å². The predicted octanol–water partition coefficient (Wildman–Crippen LogP) is 2.58. The number of hydrogen-bond donors (Lipinski definition) is 1. The van der Waals surface area contributed by atoms with Crippen molar-refractivity contribution in [1.29, 1.82) is 0 Å². The summed E-state index contributed by atoms with van der Waals surface area (Å²) in [5.41, 5.74) is 7.39. The number of carbonyl (C=O) groups is 1. The van der Waals surface area contributed by atoms with Crippen molar-refractivity contribution in [2.75, 3.05) is 6.54 Å². The van der Waals surface area contributed by atoms with Crippen molar-refractivity contribution in [3.05, 3.63) is 21.4 Å². The number of amides is 1. The molecular formula is C15H22N2OS. The minimum Gasteiger partial charge on any atom is -0.335 e. The van der Waals surface area contributed by atoms with Crippen LogP contribution in [0.1, 0.15) is 52.7 Å². The second-order valence-electron chi connectivity index (χ2n) is 5.90. The summed E-state index contributed by atoms with van der Waals surface area (Å²) in [5, 5.41) is 0. The zero-order valence-electron chi connectivity index (χ0n) is 11.5. The van der Waals surface area contributed by atoms with Gasteiger partial charge in [0.15, 0.2) is 0 Å². The molecule has 2 aliphatic rings. The van der Waals surface area contributed by atoms with Gasteiger partial charge in [0.1, 0.15) is 0 Å². The van der Waals surface area contributed by atoms with Crippen LogP contribution in [-0.4, -0.2) is 29.4 Å². The second-order valence-corrected chi connectivity index (χ2v) is 7.03. The lowest BCUT2D eigenvalue weighted by atomic mass is 9.98. The van der Waals surface area contributed by atoms with Crippen molar-refractivity contribution in [2.24, 2.45) is 5.73 Å². The third-order valence-corrected chi connectivity index (χ3v) is 5.61. The highest BCUT2D eigenvalue weighted by atomic mass is 32.1. The van der Waals surface area contributed by atoms with E-state index >= 15 is 0 Å². The number of carbonyl (C=O) groups excluding carboxylic acids is 1. The van der Waals surface area contributed by atoms with E-state index in [2.05, 4.69) is 13.0 Å². The Morgan fingerprint density at radius 3 is 2.95 bits per heavy atom. The van der Waals surface area contributed by atoms with Crippen LogP contribution in [0.5, 0.6) is 0 Å². The van der Waals surface area contributed by atoms with E-state index in [9.17, 15) is 4.79 Å². The van der Waals surface area contributed by atoms with Crippen LogP contribution in [0.25, 0.3) is 0 Å². The molecule has 1 aromatic rings. The number of thiophene rings is 1. The van der Waals surface area contributed by atoms with Crippen molar-refractivity contribution in [3.63, 3.8) is 0 Å². The van der Waals surface area contributed by atoms with Gasteiger partial charge in [0, 0.05) is 23.5 Å². The van der Waals surface area contributed by atoms with Crippen molar-refractivity contribution < 1.29 is 4.79 Å². The SMILES string of the molecule is CC1CC(N)CCN1C(=O)c1cc2c(s1)CCCC2. The number of nitrogens with zero attached hydrogens (tertiary/aromatic N) is 1. The fourth-order valence-corrected chi connectivity index (χ4v) is 4.46. The van der Waals surface area contributed by atoms with Gasteiger partial charge < -0.3 is 10.6 Å². The van der Waals surface area contributed by atoms with Gasteiger partial charge in [-0.25, -0.2) is 0 Å². The molecule has 0 radical (unpaired) electrons. The molecule has 0 saturated carbocycles. The Hall–Kier alpha value is -0.870. The molecule has 0 bridgehead atoms. The van der Waals surface area contributed by atoms with E-state index in [4.69, 9.17) is 5.73 Å². The molecule has 1 aliphatic heterocycles. The second kappa shape index (κ2) is 5.25. The van der Waals surface area contributed by atoms with Gasteiger partial charge >= 0.3 is 0 Å². The Labute approximate surface area is 118 Å². The molecule has 1 amide bonds. The van der Waals surface area contributed by atoms with Gasteiger partial charge in [0.05, 0.1) is 4.88 Å². The quantitative estimate of drug-likeness (QED) is 0.858. The van der Waals surface area contributed by atoms with Gasteiger partial charge in [0.25, 0.3) is 5.91 Å². The average molecular weight is 278 g/mol. The molecule has 4 heteroatoms. The molecule has 3 rings (SSSR count). The smallest absolute Gasteiger partial charge is 0.264 e. The first-order chi connectivity index (χ1) is 9.15. The standard InChI is InChI=1S/C15H22N2OS/c1-10-8-12(16)6-7-17(10)15(18)14-9-11-4-2-3-5-13(11)19-14/h9-10,12H,2-8,16H2,1H3. The van der Waals surface area contributed by atoms with Crippen molar-refractivity contribution >= 4 is 17.2 Å². The molecule has 0 spiro atoms. The third kappa shape index (κ3) is 2.56. The highest BCUT2D eigenvalue weighted by Crippen LogP contribution is 2.31. The van der Waals surface area contributed by atoms with Gasteiger partial charge in [-0.3, -0.25) is 4.79 Å². The zero-order valence-corrected chi connectivity index (χ0v) is 12.3. The van der Waals surface area contributed by atoms with Crippen molar-refractivity contribution in [1.82, 2.24) is 4.90 Å². The van der Waals surface area contributed by atoms with Crippen LogP contribution in [0.3, 0.4) is 0 Å². The van der Waals surface area contributed by atoms with Crippen molar-refractivity contribution in [3.8, 4) is 0 Å². The summed E-state index contributed by atoms with van der Waals surface area (Å²) in [6, 6.07) is 2.67. The number of aryl methyl sites for hydroxylation is 2.